The Morgan fingerprint density at radius 1 is 1.67 bits per heavy atom. The summed E-state index contributed by atoms with van der Waals surface area (Å²) in [4.78, 5) is 6.24. The van der Waals surface area contributed by atoms with Gasteiger partial charge in [-0.2, -0.15) is 0 Å². The van der Waals surface area contributed by atoms with Crippen LogP contribution in [0.3, 0.4) is 0 Å². The minimum atomic E-state index is 0.313. The molecule has 1 unspecified atom stereocenters. The molecular formula is C10H9BrN2OS. The molecule has 78 valence electrons. The third-order valence-electron chi connectivity index (χ3n) is 2.77. The number of oxazole rings is 1. The number of aromatic nitrogens is 1. The van der Waals surface area contributed by atoms with Crippen LogP contribution in [0.25, 0.3) is 0 Å². The van der Waals surface area contributed by atoms with Gasteiger partial charge in [0.25, 0.3) is 0 Å². The molecule has 0 N–H and O–H groups in total. The number of likely N-dealkylation sites (N-methyl/N-ethyl adjacent to an activating group) is 1. The van der Waals surface area contributed by atoms with E-state index in [0.29, 0.717) is 5.92 Å². The van der Waals surface area contributed by atoms with E-state index in [1.165, 1.54) is 21.4 Å². The molecule has 1 atom stereocenters. The predicted molar refractivity (Wildman–Crippen MR) is 63.6 cm³/mol. The van der Waals surface area contributed by atoms with E-state index in [1.807, 2.05) is 0 Å². The molecule has 1 aliphatic rings. The summed E-state index contributed by atoms with van der Waals surface area (Å²) < 4.78 is 6.59. The summed E-state index contributed by atoms with van der Waals surface area (Å²) in [5, 5.41) is 2.18. The highest BCUT2D eigenvalue weighted by Gasteiger charge is 2.33. The number of halogens is 1. The van der Waals surface area contributed by atoms with Crippen molar-refractivity contribution in [2.75, 3.05) is 18.5 Å². The van der Waals surface area contributed by atoms with Crippen LogP contribution in [0.1, 0.15) is 17.2 Å². The molecule has 0 aromatic carbocycles. The maximum atomic E-state index is 5.39. The molecule has 0 bridgehead atoms. The van der Waals surface area contributed by atoms with E-state index >= 15 is 0 Å². The fourth-order valence-electron chi connectivity index (χ4n) is 2.04. The van der Waals surface area contributed by atoms with Gasteiger partial charge in [0.1, 0.15) is 5.76 Å². The zero-order valence-electron chi connectivity index (χ0n) is 8.11. The summed E-state index contributed by atoms with van der Waals surface area (Å²) in [6.45, 7) is 0.964. The Morgan fingerprint density at radius 3 is 3.27 bits per heavy atom. The van der Waals surface area contributed by atoms with Crippen molar-refractivity contribution in [3.8, 4) is 0 Å². The minimum Gasteiger partial charge on any atom is -0.448 e. The molecule has 3 heterocycles. The number of rotatable bonds is 1. The van der Waals surface area contributed by atoms with Crippen molar-refractivity contribution in [3.05, 3.63) is 33.1 Å². The van der Waals surface area contributed by atoms with Crippen LogP contribution in [0.15, 0.2) is 26.2 Å². The second kappa shape index (κ2) is 3.35. The standard InChI is InChI=1S/C10H9BrN2OS/c1-13-3-6(8-2-12-5-14-8)9-7(13)4-15-10(9)11/h2,4-6H,3H2,1H3. The lowest BCUT2D eigenvalue weighted by Crippen LogP contribution is -2.15. The van der Waals surface area contributed by atoms with Gasteiger partial charge in [0, 0.05) is 24.5 Å². The van der Waals surface area contributed by atoms with Gasteiger partial charge in [-0.15, -0.1) is 11.3 Å². The molecule has 0 amide bonds. The second-order valence-corrected chi connectivity index (χ2v) is 5.84. The first-order valence-corrected chi connectivity index (χ1v) is 6.31. The van der Waals surface area contributed by atoms with Crippen LogP contribution in [0.4, 0.5) is 5.69 Å². The molecule has 15 heavy (non-hydrogen) atoms. The Balaban J connectivity index is 2.11. The largest absolute Gasteiger partial charge is 0.448 e. The van der Waals surface area contributed by atoms with Crippen molar-refractivity contribution >= 4 is 33.0 Å². The van der Waals surface area contributed by atoms with Gasteiger partial charge in [-0.3, -0.25) is 0 Å². The van der Waals surface area contributed by atoms with Gasteiger partial charge in [0.15, 0.2) is 6.39 Å². The summed E-state index contributed by atoms with van der Waals surface area (Å²) >= 11 is 5.33. The van der Waals surface area contributed by atoms with Crippen LogP contribution in [0, 0.1) is 0 Å². The SMILES string of the molecule is CN1CC(c2cnco2)c2c1csc2Br. The Morgan fingerprint density at radius 2 is 2.53 bits per heavy atom. The zero-order chi connectivity index (χ0) is 10.4. The fourth-order valence-corrected chi connectivity index (χ4v) is 3.70. The number of nitrogens with zero attached hydrogens (tertiary/aromatic N) is 2. The summed E-state index contributed by atoms with van der Waals surface area (Å²) in [6.07, 6.45) is 3.30. The van der Waals surface area contributed by atoms with Gasteiger partial charge < -0.3 is 9.32 Å². The van der Waals surface area contributed by atoms with Crippen LogP contribution in [0.2, 0.25) is 0 Å². The molecule has 0 fully saturated rings. The maximum Gasteiger partial charge on any atom is 0.180 e. The van der Waals surface area contributed by atoms with Gasteiger partial charge in [-0.25, -0.2) is 4.98 Å². The smallest absolute Gasteiger partial charge is 0.180 e. The minimum absolute atomic E-state index is 0.313. The van der Waals surface area contributed by atoms with Gasteiger partial charge in [-0.1, -0.05) is 0 Å². The molecule has 0 spiro atoms. The number of hydrogen-bond donors (Lipinski definition) is 0. The summed E-state index contributed by atoms with van der Waals surface area (Å²) in [5.41, 5.74) is 2.63. The van der Waals surface area contributed by atoms with Crippen LogP contribution >= 0.6 is 27.3 Å². The van der Waals surface area contributed by atoms with E-state index in [2.05, 4.69) is 38.2 Å². The molecule has 0 saturated carbocycles. The predicted octanol–water partition coefficient (Wildman–Crippen LogP) is 3.08. The first kappa shape index (κ1) is 9.42. The maximum absolute atomic E-state index is 5.39. The second-order valence-electron chi connectivity index (χ2n) is 3.65. The fraction of sp³-hybridized carbons (Fsp3) is 0.300. The number of anilines is 1. The number of fused-ring (bicyclic) bond motifs is 1. The van der Waals surface area contributed by atoms with Gasteiger partial charge in [-0.05, 0) is 15.9 Å². The van der Waals surface area contributed by atoms with Crippen LogP contribution in [0.5, 0.6) is 0 Å². The van der Waals surface area contributed by atoms with Crippen molar-refractivity contribution in [2.24, 2.45) is 0 Å². The first-order valence-electron chi connectivity index (χ1n) is 4.64. The molecule has 3 nitrogen and oxygen atoms in total. The highest BCUT2D eigenvalue weighted by Crippen LogP contribution is 2.46. The number of hydrogen-bond acceptors (Lipinski definition) is 4. The molecule has 3 rings (SSSR count). The van der Waals surface area contributed by atoms with Gasteiger partial charge in [0.2, 0.25) is 0 Å². The summed E-state index contributed by atoms with van der Waals surface area (Å²) in [5.74, 6) is 1.26. The average molecular weight is 285 g/mol. The Bertz CT molecular complexity index is 480. The highest BCUT2D eigenvalue weighted by molar-refractivity contribution is 9.11. The van der Waals surface area contributed by atoms with E-state index in [-0.39, 0.29) is 0 Å². The molecule has 2 aromatic rings. The van der Waals surface area contributed by atoms with Gasteiger partial charge in [0.05, 0.1) is 21.6 Å². The van der Waals surface area contributed by atoms with Crippen molar-refractivity contribution in [3.63, 3.8) is 0 Å². The lowest BCUT2D eigenvalue weighted by molar-refractivity contribution is 0.487. The topological polar surface area (TPSA) is 29.3 Å². The number of thiophene rings is 1. The molecule has 0 aliphatic carbocycles. The van der Waals surface area contributed by atoms with E-state index in [1.54, 1.807) is 17.5 Å². The normalized spacial score (nSPS) is 19.6. The third kappa shape index (κ3) is 1.33. The van der Waals surface area contributed by atoms with Crippen molar-refractivity contribution in [2.45, 2.75) is 5.92 Å². The quantitative estimate of drug-likeness (QED) is 0.806. The highest BCUT2D eigenvalue weighted by atomic mass is 79.9. The molecule has 0 radical (unpaired) electrons. The molecule has 1 aliphatic heterocycles. The monoisotopic (exact) mass is 284 g/mol. The van der Waals surface area contributed by atoms with E-state index in [0.717, 1.165) is 12.3 Å². The first-order chi connectivity index (χ1) is 7.27. The van der Waals surface area contributed by atoms with E-state index in [4.69, 9.17) is 4.42 Å². The van der Waals surface area contributed by atoms with Crippen LogP contribution < -0.4 is 4.90 Å². The van der Waals surface area contributed by atoms with Crippen molar-refractivity contribution < 1.29 is 4.42 Å². The Labute approximate surface area is 99.9 Å². The Kier molecular flexibility index (Phi) is 2.10. The van der Waals surface area contributed by atoms with Crippen LogP contribution in [-0.4, -0.2) is 18.6 Å². The lowest BCUT2D eigenvalue weighted by atomic mass is 10.0. The van der Waals surface area contributed by atoms with Gasteiger partial charge >= 0.3 is 0 Å². The van der Waals surface area contributed by atoms with E-state index < -0.39 is 0 Å². The van der Waals surface area contributed by atoms with Crippen molar-refractivity contribution in [1.29, 1.82) is 0 Å². The molecule has 2 aromatic heterocycles. The summed E-state index contributed by atoms with van der Waals surface area (Å²) in [7, 11) is 2.11. The van der Waals surface area contributed by atoms with Crippen LogP contribution in [-0.2, 0) is 0 Å². The molecule has 0 saturated heterocycles. The Hall–Kier alpha value is -0.810. The molecular weight excluding hydrogens is 276 g/mol. The lowest BCUT2D eigenvalue weighted by Gasteiger charge is -2.11. The zero-order valence-corrected chi connectivity index (χ0v) is 10.5. The third-order valence-corrected chi connectivity index (χ3v) is 4.53. The van der Waals surface area contributed by atoms with E-state index in [9.17, 15) is 0 Å². The average Bonchev–Trinajstić information content (AvgIpc) is 2.86. The summed E-state index contributed by atoms with van der Waals surface area (Å²) in [6, 6.07) is 0. The van der Waals surface area contributed by atoms with Crippen molar-refractivity contribution in [1.82, 2.24) is 4.98 Å². The molecule has 5 heteroatoms.